The molecule has 2 aliphatic heterocycles. The van der Waals surface area contributed by atoms with Gasteiger partial charge >= 0.3 is 6.03 Å². The van der Waals surface area contributed by atoms with Crippen LogP contribution in [0.1, 0.15) is 51.4 Å². The number of nitrogens with zero attached hydrogens (tertiary/aromatic N) is 1. The summed E-state index contributed by atoms with van der Waals surface area (Å²) in [7, 11) is 0. The number of aliphatic hydroxyl groups excluding tert-OH is 1. The molecule has 3 rings (SSSR count). The predicted octanol–water partition coefficient (Wildman–Crippen LogP) is 0.776. The summed E-state index contributed by atoms with van der Waals surface area (Å²) in [6.45, 7) is 2.24. The first kappa shape index (κ1) is 20.4. The smallest absolute Gasteiger partial charge is 0.315 e. The standard InChI is InChI=1S/C19H33N3O5/c23-13-17-16(21-19(25)20-14-4-2-1-3-5-14)7-6-15(27-17)12-18(24)22-8-10-26-11-9-22/h14-17,23H,1-13H2,(H2,20,21,25)/t15-,16+,17-/m0/s1. The lowest BCUT2D eigenvalue weighted by Crippen LogP contribution is -2.55. The monoisotopic (exact) mass is 383 g/mol. The van der Waals surface area contributed by atoms with E-state index in [0.29, 0.717) is 45.6 Å². The number of hydrogen-bond acceptors (Lipinski definition) is 5. The van der Waals surface area contributed by atoms with Crippen LogP contribution in [0, 0.1) is 0 Å². The van der Waals surface area contributed by atoms with E-state index >= 15 is 0 Å². The molecule has 2 heterocycles. The SMILES string of the molecule is O=C(NC1CCCCC1)N[C@@H]1CC[C@@H](CC(=O)N2CCOCC2)O[C@H]1CO. The molecule has 0 radical (unpaired) electrons. The topological polar surface area (TPSA) is 100 Å². The molecule has 0 unspecified atom stereocenters. The molecule has 3 atom stereocenters. The van der Waals surface area contributed by atoms with E-state index in [1.165, 1.54) is 6.42 Å². The number of nitrogens with one attached hydrogen (secondary N) is 2. The second-order valence-electron chi connectivity index (χ2n) is 7.81. The fraction of sp³-hybridized carbons (Fsp3) is 0.895. The van der Waals surface area contributed by atoms with Crippen LogP contribution in [-0.2, 0) is 14.3 Å². The van der Waals surface area contributed by atoms with Gasteiger partial charge in [-0.15, -0.1) is 0 Å². The van der Waals surface area contributed by atoms with E-state index in [4.69, 9.17) is 9.47 Å². The van der Waals surface area contributed by atoms with Gasteiger partial charge in [-0.1, -0.05) is 19.3 Å². The lowest BCUT2D eigenvalue weighted by Gasteiger charge is -2.37. The summed E-state index contributed by atoms with van der Waals surface area (Å²) < 4.78 is 11.2. The van der Waals surface area contributed by atoms with Crippen LogP contribution >= 0.6 is 0 Å². The summed E-state index contributed by atoms with van der Waals surface area (Å²) in [6.07, 6.45) is 6.66. The molecule has 0 spiro atoms. The Morgan fingerprint density at radius 2 is 1.74 bits per heavy atom. The fourth-order valence-corrected chi connectivity index (χ4v) is 4.23. The second kappa shape index (κ2) is 10.2. The third-order valence-electron chi connectivity index (χ3n) is 5.82. The van der Waals surface area contributed by atoms with Crippen LogP contribution in [0.5, 0.6) is 0 Å². The Morgan fingerprint density at radius 1 is 1.00 bits per heavy atom. The zero-order chi connectivity index (χ0) is 19.1. The van der Waals surface area contributed by atoms with Crippen molar-refractivity contribution in [2.24, 2.45) is 0 Å². The minimum Gasteiger partial charge on any atom is -0.394 e. The third-order valence-corrected chi connectivity index (χ3v) is 5.82. The zero-order valence-electron chi connectivity index (χ0n) is 16.0. The molecule has 2 saturated heterocycles. The molecule has 3 aliphatic rings. The Balaban J connectivity index is 1.43. The van der Waals surface area contributed by atoms with Crippen molar-refractivity contribution in [3.8, 4) is 0 Å². The number of rotatable bonds is 5. The molecule has 3 fully saturated rings. The number of urea groups is 1. The van der Waals surface area contributed by atoms with Crippen LogP contribution in [0.3, 0.4) is 0 Å². The quantitative estimate of drug-likeness (QED) is 0.651. The van der Waals surface area contributed by atoms with Crippen LogP contribution < -0.4 is 10.6 Å². The number of amides is 3. The van der Waals surface area contributed by atoms with Crippen molar-refractivity contribution >= 4 is 11.9 Å². The lowest BCUT2D eigenvalue weighted by molar-refractivity contribution is -0.143. The van der Waals surface area contributed by atoms with Crippen molar-refractivity contribution < 1.29 is 24.2 Å². The number of carbonyl (C=O) groups is 2. The first-order valence-corrected chi connectivity index (χ1v) is 10.3. The van der Waals surface area contributed by atoms with E-state index in [1.54, 1.807) is 0 Å². The summed E-state index contributed by atoms with van der Waals surface area (Å²) in [5, 5.41) is 15.7. The highest BCUT2D eigenvalue weighted by molar-refractivity contribution is 5.77. The van der Waals surface area contributed by atoms with E-state index in [2.05, 4.69) is 10.6 Å². The lowest BCUT2D eigenvalue weighted by atomic mass is 9.95. The van der Waals surface area contributed by atoms with E-state index in [1.807, 2.05) is 4.90 Å². The zero-order valence-corrected chi connectivity index (χ0v) is 16.0. The van der Waals surface area contributed by atoms with Crippen LogP contribution in [0.15, 0.2) is 0 Å². The van der Waals surface area contributed by atoms with Gasteiger partial charge in [-0.3, -0.25) is 4.79 Å². The molecule has 0 aromatic rings. The molecule has 8 nitrogen and oxygen atoms in total. The Kier molecular flexibility index (Phi) is 7.72. The van der Waals surface area contributed by atoms with Crippen molar-refractivity contribution in [1.82, 2.24) is 15.5 Å². The van der Waals surface area contributed by atoms with Crippen LogP contribution in [-0.4, -0.2) is 79.1 Å². The molecule has 154 valence electrons. The van der Waals surface area contributed by atoms with Crippen LogP contribution in [0.2, 0.25) is 0 Å². The first-order valence-electron chi connectivity index (χ1n) is 10.3. The highest BCUT2D eigenvalue weighted by Gasteiger charge is 2.34. The average Bonchev–Trinajstić information content (AvgIpc) is 2.70. The van der Waals surface area contributed by atoms with Crippen molar-refractivity contribution in [3.05, 3.63) is 0 Å². The maximum atomic E-state index is 12.4. The predicted molar refractivity (Wildman–Crippen MR) is 99.3 cm³/mol. The van der Waals surface area contributed by atoms with Gasteiger partial charge in [0.15, 0.2) is 0 Å². The number of carbonyl (C=O) groups excluding carboxylic acids is 2. The molecule has 8 heteroatoms. The molecule has 27 heavy (non-hydrogen) atoms. The Hall–Kier alpha value is -1.38. The maximum Gasteiger partial charge on any atom is 0.315 e. The molecular weight excluding hydrogens is 350 g/mol. The number of hydrogen-bond donors (Lipinski definition) is 3. The summed E-state index contributed by atoms with van der Waals surface area (Å²) in [4.78, 5) is 26.5. The fourth-order valence-electron chi connectivity index (χ4n) is 4.23. The number of morpholine rings is 1. The van der Waals surface area contributed by atoms with Crippen molar-refractivity contribution in [3.63, 3.8) is 0 Å². The van der Waals surface area contributed by atoms with E-state index in [9.17, 15) is 14.7 Å². The van der Waals surface area contributed by atoms with Crippen molar-refractivity contribution in [2.45, 2.75) is 75.7 Å². The first-order chi connectivity index (χ1) is 13.2. The highest BCUT2D eigenvalue weighted by Crippen LogP contribution is 2.23. The van der Waals surface area contributed by atoms with E-state index in [-0.39, 0.29) is 36.7 Å². The molecule has 0 aromatic heterocycles. The number of aliphatic hydroxyl groups is 1. The van der Waals surface area contributed by atoms with Gasteiger partial charge in [0.1, 0.15) is 6.10 Å². The third kappa shape index (κ3) is 6.05. The Bertz CT molecular complexity index is 492. The summed E-state index contributed by atoms with van der Waals surface area (Å²) in [5.74, 6) is 0.0708. The van der Waals surface area contributed by atoms with E-state index < -0.39 is 6.10 Å². The second-order valence-corrected chi connectivity index (χ2v) is 7.81. The Morgan fingerprint density at radius 3 is 2.44 bits per heavy atom. The van der Waals surface area contributed by atoms with Gasteiger partial charge in [-0.2, -0.15) is 0 Å². The van der Waals surface area contributed by atoms with Gasteiger partial charge in [-0.05, 0) is 25.7 Å². The summed E-state index contributed by atoms with van der Waals surface area (Å²) >= 11 is 0. The van der Waals surface area contributed by atoms with Gasteiger partial charge in [0.2, 0.25) is 5.91 Å². The maximum absolute atomic E-state index is 12.4. The van der Waals surface area contributed by atoms with Gasteiger partial charge in [0.25, 0.3) is 0 Å². The average molecular weight is 383 g/mol. The molecule has 0 bridgehead atoms. The molecule has 3 N–H and O–H groups in total. The molecule has 0 aromatic carbocycles. The van der Waals surface area contributed by atoms with Crippen LogP contribution in [0.4, 0.5) is 4.79 Å². The summed E-state index contributed by atoms with van der Waals surface area (Å²) in [6, 6.07) is -0.167. The normalized spacial score (nSPS) is 30.0. The largest absolute Gasteiger partial charge is 0.394 e. The van der Waals surface area contributed by atoms with Gasteiger partial charge in [-0.25, -0.2) is 4.79 Å². The van der Waals surface area contributed by atoms with Gasteiger partial charge in [0.05, 0.1) is 38.4 Å². The molecule has 1 saturated carbocycles. The Labute approximate surface area is 160 Å². The number of ether oxygens (including phenoxy) is 2. The minimum absolute atomic E-state index is 0.0708. The van der Waals surface area contributed by atoms with E-state index in [0.717, 1.165) is 25.7 Å². The minimum atomic E-state index is -0.474. The van der Waals surface area contributed by atoms with Crippen molar-refractivity contribution in [1.29, 1.82) is 0 Å². The summed E-state index contributed by atoms with van der Waals surface area (Å²) in [5.41, 5.74) is 0. The van der Waals surface area contributed by atoms with Gasteiger partial charge in [0, 0.05) is 19.1 Å². The van der Waals surface area contributed by atoms with Crippen molar-refractivity contribution in [2.75, 3.05) is 32.9 Å². The van der Waals surface area contributed by atoms with Gasteiger partial charge < -0.3 is 30.1 Å². The molecular formula is C19H33N3O5. The van der Waals surface area contributed by atoms with Crippen LogP contribution in [0.25, 0.3) is 0 Å². The molecule has 1 aliphatic carbocycles. The molecule has 3 amide bonds. The highest BCUT2D eigenvalue weighted by atomic mass is 16.5.